The normalized spacial score (nSPS) is 12.1. The van der Waals surface area contributed by atoms with Crippen LogP contribution < -0.4 is 10.1 Å². The summed E-state index contributed by atoms with van der Waals surface area (Å²) in [4.78, 5) is 11.4. The van der Waals surface area contributed by atoms with Gasteiger partial charge in [-0.05, 0) is 38.1 Å². The fourth-order valence-corrected chi connectivity index (χ4v) is 2.37. The lowest BCUT2D eigenvalue weighted by Gasteiger charge is -2.18. The molecule has 1 N–H and O–H groups in total. The zero-order valence-corrected chi connectivity index (χ0v) is 13.3. The highest BCUT2D eigenvalue weighted by atomic mass is 79.9. The van der Waals surface area contributed by atoms with Gasteiger partial charge in [-0.3, -0.25) is 0 Å². The van der Waals surface area contributed by atoms with Gasteiger partial charge in [-0.15, -0.1) is 0 Å². The summed E-state index contributed by atoms with van der Waals surface area (Å²) in [6, 6.07) is 3.96. The number of hydrogen-bond donors (Lipinski definition) is 1. The minimum atomic E-state index is -0.620. The SMILES string of the molecule is CCNCc1cc(Br)cc(C)c1OC(C)C(=O)OC. The van der Waals surface area contributed by atoms with Crippen LogP contribution in [0.1, 0.15) is 25.0 Å². The summed E-state index contributed by atoms with van der Waals surface area (Å²) in [5, 5.41) is 3.26. The fraction of sp³-hybridized carbons (Fsp3) is 0.500. The molecule has 1 unspecified atom stereocenters. The maximum Gasteiger partial charge on any atom is 0.346 e. The zero-order valence-electron chi connectivity index (χ0n) is 11.7. The Morgan fingerprint density at radius 2 is 2.16 bits per heavy atom. The number of methoxy groups -OCH3 is 1. The number of ether oxygens (including phenoxy) is 2. The molecular weight excluding hydrogens is 310 g/mol. The minimum Gasteiger partial charge on any atom is -0.478 e. The van der Waals surface area contributed by atoms with Crippen LogP contribution in [0.15, 0.2) is 16.6 Å². The van der Waals surface area contributed by atoms with E-state index in [4.69, 9.17) is 4.74 Å². The molecule has 0 aliphatic rings. The van der Waals surface area contributed by atoms with Crippen LogP contribution in [0.4, 0.5) is 0 Å². The fourth-order valence-electron chi connectivity index (χ4n) is 1.75. The highest BCUT2D eigenvalue weighted by Gasteiger charge is 2.18. The lowest BCUT2D eigenvalue weighted by Crippen LogP contribution is -2.26. The van der Waals surface area contributed by atoms with Gasteiger partial charge in [0.25, 0.3) is 0 Å². The summed E-state index contributed by atoms with van der Waals surface area (Å²) >= 11 is 3.47. The lowest BCUT2D eigenvalue weighted by atomic mass is 10.1. The Labute approximate surface area is 122 Å². The molecule has 0 bridgehead atoms. The Morgan fingerprint density at radius 3 is 2.74 bits per heavy atom. The summed E-state index contributed by atoms with van der Waals surface area (Å²) in [7, 11) is 1.36. The Hall–Kier alpha value is -1.07. The van der Waals surface area contributed by atoms with E-state index in [-0.39, 0.29) is 5.97 Å². The second-order valence-electron chi connectivity index (χ2n) is 4.27. The van der Waals surface area contributed by atoms with Gasteiger partial charge in [0.1, 0.15) is 5.75 Å². The van der Waals surface area contributed by atoms with Crippen molar-refractivity contribution in [1.29, 1.82) is 0 Å². The molecule has 1 aromatic carbocycles. The summed E-state index contributed by atoms with van der Waals surface area (Å²) in [5.41, 5.74) is 2.00. The molecule has 1 rings (SSSR count). The Balaban J connectivity index is 2.99. The first-order valence-corrected chi connectivity index (χ1v) is 7.03. The van der Waals surface area contributed by atoms with Crippen molar-refractivity contribution in [3.8, 4) is 5.75 Å². The molecule has 4 nitrogen and oxygen atoms in total. The number of hydrogen-bond acceptors (Lipinski definition) is 4. The van der Waals surface area contributed by atoms with Crippen LogP contribution in [0.2, 0.25) is 0 Å². The van der Waals surface area contributed by atoms with Crippen molar-refractivity contribution < 1.29 is 14.3 Å². The molecule has 0 heterocycles. The van der Waals surface area contributed by atoms with E-state index in [0.717, 1.165) is 27.9 Å². The summed E-state index contributed by atoms with van der Waals surface area (Å²) in [6.07, 6.45) is -0.620. The third kappa shape index (κ3) is 4.51. The van der Waals surface area contributed by atoms with Crippen molar-refractivity contribution in [2.45, 2.75) is 33.4 Å². The van der Waals surface area contributed by atoms with Crippen LogP contribution in [0, 0.1) is 6.92 Å². The number of esters is 1. The van der Waals surface area contributed by atoms with Crippen LogP contribution in [0.3, 0.4) is 0 Å². The second-order valence-corrected chi connectivity index (χ2v) is 5.19. The third-order valence-corrected chi connectivity index (χ3v) is 3.17. The summed E-state index contributed by atoms with van der Waals surface area (Å²) < 4.78 is 11.4. The minimum absolute atomic E-state index is 0.378. The van der Waals surface area contributed by atoms with Crippen LogP contribution >= 0.6 is 15.9 Å². The van der Waals surface area contributed by atoms with Gasteiger partial charge in [0.15, 0.2) is 6.10 Å². The van der Waals surface area contributed by atoms with Crippen molar-refractivity contribution in [1.82, 2.24) is 5.32 Å². The Bertz CT molecular complexity index is 449. The van der Waals surface area contributed by atoms with E-state index in [0.29, 0.717) is 6.54 Å². The van der Waals surface area contributed by atoms with Gasteiger partial charge in [-0.25, -0.2) is 4.79 Å². The van der Waals surface area contributed by atoms with Gasteiger partial charge in [0, 0.05) is 16.6 Å². The highest BCUT2D eigenvalue weighted by molar-refractivity contribution is 9.10. The number of benzene rings is 1. The van der Waals surface area contributed by atoms with E-state index in [1.807, 2.05) is 26.0 Å². The molecule has 19 heavy (non-hydrogen) atoms. The monoisotopic (exact) mass is 329 g/mol. The maximum atomic E-state index is 11.4. The van der Waals surface area contributed by atoms with E-state index in [2.05, 4.69) is 26.0 Å². The Kier molecular flexibility index (Phi) is 6.31. The quantitative estimate of drug-likeness (QED) is 0.815. The van der Waals surface area contributed by atoms with Crippen molar-refractivity contribution in [3.63, 3.8) is 0 Å². The second kappa shape index (κ2) is 7.50. The molecule has 0 amide bonds. The van der Waals surface area contributed by atoms with E-state index in [9.17, 15) is 4.79 Å². The molecule has 0 fully saturated rings. The smallest absolute Gasteiger partial charge is 0.346 e. The molecule has 0 spiro atoms. The number of aryl methyl sites for hydroxylation is 1. The van der Waals surface area contributed by atoms with Gasteiger partial charge >= 0.3 is 5.97 Å². The summed E-state index contributed by atoms with van der Waals surface area (Å²) in [6.45, 7) is 7.25. The molecule has 0 aliphatic carbocycles. The first kappa shape index (κ1) is 16.0. The average Bonchev–Trinajstić information content (AvgIpc) is 2.38. The maximum absolute atomic E-state index is 11.4. The molecule has 0 saturated carbocycles. The van der Waals surface area contributed by atoms with Gasteiger partial charge in [-0.1, -0.05) is 22.9 Å². The van der Waals surface area contributed by atoms with Crippen molar-refractivity contribution in [2.24, 2.45) is 0 Å². The van der Waals surface area contributed by atoms with E-state index in [1.165, 1.54) is 7.11 Å². The van der Waals surface area contributed by atoms with Crippen molar-refractivity contribution in [3.05, 3.63) is 27.7 Å². The number of halogens is 1. The lowest BCUT2D eigenvalue weighted by molar-refractivity contribution is -0.147. The standard InChI is InChI=1S/C14H20BrNO3/c1-5-16-8-11-7-12(15)6-9(2)13(11)19-10(3)14(17)18-4/h6-7,10,16H,5,8H2,1-4H3. The number of nitrogens with one attached hydrogen (secondary N) is 1. The first-order chi connectivity index (χ1) is 8.99. The first-order valence-electron chi connectivity index (χ1n) is 6.23. The Morgan fingerprint density at radius 1 is 1.47 bits per heavy atom. The van der Waals surface area contributed by atoms with Crippen LogP contribution in [0.5, 0.6) is 5.75 Å². The van der Waals surface area contributed by atoms with Gasteiger partial charge < -0.3 is 14.8 Å². The zero-order chi connectivity index (χ0) is 14.4. The third-order valence-electron chi connectivity index (χ3n) is 2.71. The number of carbonyl (C=O) groups is 1. The average molecular weight is 330 g/mol. The van der Waals surface area contributed by atoms with Gasteiger partial charge in [0.2, 0.25) is 0 Å². The van der Waals surface area contributed by atoms with Crippen LogP contribution in [0.25, 0.3) is 0 Å². The molecule has 0 saturated heterocycles. The molecular formula is C14H20BrNO3. The predicted molar refractivity (Wildman–Crippen MR) is 78.4 cm³/mol. The molecule has 1 aromatic rings. The molecule has 0 radical (unpaired) electrons. The van der Waals surface area contributed by atoms with Gasteiger partial charge in [0.05, 0.1) is 7.11 Å². The predicted octanol–water partition coefficient (Wildman–Crippen LogP) is 2.81. The number of rotatable bonds is 6. The van der Waals surface area contributed by atoms with Crippen molar-refractivity contribution in [2.75, 3.05) is 13.7 Å². The largest absolute Gasteiger partial charge is 0.478 e. The topological polar surface area (TPSA) is 47.6 Å². The molecule has 0 aromatic heterocycles. The molecule has 5 heteroatoms. The van der Waals surface area contributed by atoms with Gasteiger partial charge in [-0.2, -0.15) is 0 Å². The molecule has 0 aliphatic heterocycles. The van der Waals surface area contributed by atoms with Crippen LogP contribution in [-0.4, -0.2) is 25.7 Å². The van der Waals surface area contributed by atoms with Crippen LogP contribution in [-0.2, 0) is 16.1 Å². The van der Waals surface area contributed by atoms with E-state index in [1.54, 1.807) is 6.92 Å². The number of carbonyl (C=O) groups excluding carboxylic acids is 1. The molecule has 1 atom stereocenters. The van der Waals surface area contributed by atoms with Crippen molar-refractivity contribution >= 4 is 21.9 Å². The molecule has 106 valence electrons. The highest BCUT2D eigenvalue weighted by Crippen LogP contribution is 2.29. The summed E-state index contributed by atoms with van der Waals surface area (Å²) in [5.74, 6) is 0.360. The van der Waals surface area contributed by atoms with E-state index < -0.39 is 6.10 Å². The van der Waals surface area contributed by atoms with E-state index >= 15 is 0 Å².